The lowest BCUT2D eigenvalue weighted by Crippen LogP contribution is -2.42. The van der Waals surface area contributed by atoms with Gasteiger partial charge in [-0.05, 0) is 76.9 Å². The van der Waals surface area contributed by atoms with Crippen LogP contribution in [0.25, 0.3) is 39.3 Å². The molecule has 2 aromatic heterocycles. The lowest BCUT2D eigenvalue weighted by molar-refractivity contribution is -0.219. The Balaban J connectivity index is 1.62. The van der Waals surface area contributed by atoms with Crippen molar-refractivity contribution in [1.29, 1.82) is 0 Å². The Hall–Kier alpha value is -5.04. The van der Waals surface area contributed by atoms with Gasteiger partial charge in [-0.1, -0.05) is 30.3 Å². The first kappa shape index (κ1) is 37.7. The highest BCUT2D eigenvalue weighted by Gasteiger charge is 2.55. The minimum Gasteiger partial charge on any atom is -0.493 e. The number of hydrogen-bond donors (Lipinski definition) is 0. The molecule has 3 aromatic carbocycles. The van der Waals surface area contributed by atoms with Gasteiger partial charge in [0.1, 0.15) is 17.3 Å². The third-order valence-corrected chi connectivity index (χ3v) is 8.82. The van der Waals surface area contributed by atoms with Crippen molar-refractivity contribution < 1.29 is 45.7 Å². The first-order valence-electron chi connectivity index (χ1n) is 17.3. The third-order valence-electron chi connectivity index (χ3n) is 8.82. The van der Waals surface area contributed by atoms with E-state index in [2.05, 4.69) is 0 Å². The number of halogens is 5. The second-order valence-electron chi connectivity index (χ2n) is 13.9. The predicted octanol–water partition coefficient (Wildman–Crippen LogP) is 9.73. The zero-order chi connectivity index (χ0) is 38.3. The van der Waals surface area contributed by atoms with Gasteiger partial charge in [0.2, 0.25) is 0 Å². The van der Waals surface area contributed by atoms with Crippen LogP contribution in [0.3, 0.4) is 0 Å². The van der Waals surface area contributed by atoms with Crippen molar-refractivity contribution in [3.8, 4) is 45.1 Å². The molecule has 280 valence electrons. The molecule has 8 nitrogen and oxygen atoms in total. The van der Waals surface area contributed by atoms with E-state index in [0.717, 1.165) is 6.07 Å². The molecule has 1 aliphatic rings. The van der Waals surface area contributed by atoms with Crippen LogP contribution in [-0.4, -0.2) is 57.8 Å². The molecule has 0 N–H and O–H groups in total. The molecular weight excluding hydrogens is 697 g/mol. The van der Waals surface area contributed by atoms with Gasteiger partial charge in [0.05, 0.1) is 49.7 Å². The summed E-state index contributed by atoms with van der Waals surface area (Å²) in [7, 11) is 0. The minimum atomic E-state index is -4.46. The highest BCUT2D eigenvalue weighted by molar-refractivity contribution is 5.83. The molecular formula is C40H40F5N3O5. The Labute approximate surface area is 303 Å². The number of esters is 1. The lowest BCUT2D eigenvalue weighted by atomic mass is 9.97. The molecule has 6 rings (SSSR count). The van der Waals surface area contributed by atoms with Gasteiger partial charge in [-0.25, -0.2) is 18.7 Å². The largest absolute Gasteiger partial charge is 0.493 e. The molecule has 3 heterocycles. The van der Waals surface area contributed by atoms with E-state index in [9.17, 15) is 9.18 Å². The summed E-state index contributed by atoms with van der Waals surface area (Å²) in [6.07, 6.45) is -3.87. The van der Waals surface area contributed by atoms with Crippen LogP contribution in [0.2, 0.25) is 0 Å². The zero-order valence-corrected chi connectivity index (χ0v) is 30.2. The van der Waals surface area contributed by atoms with Gasteiger partial charge in [-0.15, -0.1) is 0 Å². The Morgan fingerprint density at radius 1 is 0.887 bits per heavy atom. The average Bonchev–Trinajstić information content (AvgIpc) is 3.50. The van der Waals surface area contributed by atoms with E-state index in [-0.39, 0.29) is 18.1 Å². The summed E-state index contributed by atoms with van der Waals surface area (Å²) in [6.45, 7) is 9.06. The number of aromatic nitrogens is 3. The van der Waals surface area contributed by atoms with Gasteiger partial charge in [0, 0.05) is 40.1 Å². The first-order valence-corrected chi connectivity index (χ1v) is 17.3. The van der Waals surface area contributed by atoms with E-state index >= 15 is 17.6 Å². The number of carbonyl (C=O) groups is 1. The fraction of sp³-hybridized carbons (Fsp3) is 0.375. The maximum Gasteiger partial charge on any atom is 0.340 e. The molecule has 0 radical (unpaired) electrons. The van der Waals surface area contributed by atoms with Crippen LogP contribution in [0, 0.1) is 19.7 Å². The summed E-state index contributed by atoms with van der Waals surface area (Å²) < 4.78 is 99.2. The van der Waals surface area contributed by atoms with Gasteiger partial charge in [-0.3, -0.25) is 0 Å². The van der Waals surface area contributed by atoms with Crippen molar-refractivity contribution in [3.05, 3.63) is 89.4 Å². The van der Waals surface area contributed by atoms with Gasteiger partial charge >= 0.3 is 17.8 Å². The van der Waals surface area contributed by atoms with E-state index in [1.807, 2.05) is 0 Å². The molecule has 53 heavy (non-hydrogen) atoms. The van der Waals surface area contributed by atoms with Crippen LogP contribution < -0.4 is 9.47 Å². The van der Waals surface area contributed by atoms with Gasteiger partial charge in [0.25, 0.3) is 0 Å². The molecule has 0 saturated heterocycles. The standard InChI is InChI=1S/C40H40F5N3O5/c1-7-50-37(49)36(53-38(4,5)6)34-24(3)46-33-22-30-26-10-8-9-25(19-26)29-14-13-28(41)21-32(29)52-18-16-40(44,45)39(42,43)15-17-51-31-20-27(12-11-23(31)2)35(34)48(33)47-30/h8-14,19-22,36H,7,15-18H2,1-6H3. The predicted molar refractivity (Wildman–Crippen MR) is 189 cm³/mol. The number of benzene rings is 3. The second kappa shape index (κ2) is 14.4. The molecule has 1 atom stereocenters. The number of alkyl halides is 4. The van der Waals surface area contributed by atoms with Crippen molar-refractivity contribution in [2.45, 2.75) is 77.9 Å². The Kier molecular flexibility index (Phi) is 10.3. The van der Waals surface area contributed by atoms with Gasteiger partial charge < -0.3 is 18.9 Å². The highest BCUT2D eigenvalue weighted by atomic mass is 19.3. The van der Waals surface area contributed by atoms with Crippen LogP contribution in [0.5, 0.6) is 11.5 Å². The lowest BCUT2D eigenvalue weighted by Gasteiger charge is -2.29. The van der Waals surface area contributed by atoms with E-state index in [0.29, 0.717) is 56.1 Å². The maximum atomic E-state index is 15.1. The zero-order valence-electron chi connectivity index (χ0n) is 30.2. The van der Waals surface area contributed by atoms with Crippen molar-refractivity contribution in [2.24, 2.45) is 0 Å². The SMILES string of the molecule is CCOC(=O)C(OC(C)(C)C)c1c(C)nc2cc3nn2c1-c1ccc(C)c(c1)OCCC(F)(F)C(F)(F)CCOc1cc(F)ccc1-c1cccc-3c1. The molecule has 0 fully saturated rings. The third kappa shape index (κ3) is 7.85. The molecule has 6 bridgehead atoms. The van der Waals surface area contributed by atoms with Crippen molar-refractivity contribution in [2.75, 3.05) is 19.8 Å². The molecule has 1 aliphatic heterocycles. The average molecular weight is 738 g/mol. The molecule has 1 unspecified atom stereocenters. The van der Waals surface area contributed by atoms with Crippen molar-refractivity contribution in [1.82, 2.24) is 14.6 Å². The quantitative estimate of drug-likeness (QED) is 0.134. The van der Waals surface area contributed by atoms with E-state index in [1.54, 1.807) is 94.6 Å². The number of rotatable bonds is 4. The number of fused-ring (bicyclic) bond motifs is 9. The van der Waals surface area contributed by atoms with E-state index < -0.39 is 61.4 Å². The Bertz CT molecular complexity index is 2160. The second-order valence-corrected chi connectivity index (χ2v) is 13.9. The normalized spacial score (nSPS) is 16.3. The molecule has 0 spiro atoms. The first-order chi connectivity index (χ1) is 25.0. The molecule has 5 aromatic rings. The monoisotopic (exact) mass is 737 g/mol. The molecule has 13 heteroatoms. The number of hydrogen-bond acceptors (Lipinski definition) is 7. The highest BCUT2D eigenvalue weighted by Crippen LogP contribution is 2.42. The smallest absolute Gasteiger partial charge is 0.340 e. The summed E-state index contributed by atoms with van der Waals surface area (Å²) >= 11 is 0. The molecule has 0 saturated carbocycles. The minimum absolute atomic E-state index is 0.0855. The van der Waals surface area contributed by atoms with E-state index in [4.69, 9.17) is 29.0 Å². The topological polar surface area (TPSA) is 84.2 Å². The summed E-state index contributed by atoms with van der Waals surface area (Å²) in [5.74, 6) is -10.2. The van der Waals surface area contributed by atoms with E-state index in [1.165, 1.54) is 12.1 Å². The number of carbonyl (C=O) groups excluding carboxylic acids is 1. The number of nitrogens with zero attached hydrogens (tertiary/aromatic N) is 3. The van der Waals surface area contributed by atoms with Crippen LogP contribution >= 0.6 is 0 Å². The fourth-order valence-electron chi connectivity index (χ4n) is 6.21. The van der Waals surface area contributed by atoms with Crippen LogP contribution in [0.15, 0.2) is 66.7 Å². The maximum absolute atomic E-state index is 15.1. The van der Waals surface area contributed by atoms with Crippen LogP contribution in [0.4, 0.5) is 22.0 Å². The van der Waals surface area contributed by atoms with Gasteiger partial charge in [0.15, 0.2) is 11.8 Å². The summed E-state index contributed by atoms with van der Waals surface area (Å²) in [4.78, 5) is 18.4. The van der Waals surface area contributed by atoms with Crippen molar-refractivity contribution in [3.63, 3.8) is 0 Å². The number of ether oxygens (including phenoxy) is 4. The summed E-state index contributed by atoms with van der Waals surface area (Å²) in [5, 5.41) is 4.96. The Morgan fingerprint density at radius 3 is 2.25 bits per heavy atom. The summed E-state index contributed by atoms with van der Waals surface area (Å²) in [5.41, 5.74) is 3.81. The summed E-state index contributed by atoms with van der Waals surface area (Å²) in [6, 6.07) is 17.5. The van der Waals surface area contributed by atoms with Gasteiger partial charge in [-0.2, -0.15) is 22.7 Å². The van der Waals surface area contributed by atoms with Crippen LogP contribution in [0.1, 0.15) is 63.5 Å². The molecule has 0 amide bonds. The Morgan fingerprint density at radius 2 is 1.57 bits per heavy atom. The molecule has 0 aliphatic carbocycles. The van der Waals surface area contributed by atoms with Crippen LogP contribution in [-0.2, 0) is 14.3 Å². The van der Waals surface area contributed by atoms with Crippen molar-refractivity contribution >= 4 is 11.6 Å². The fourth-order valence-corrected chi connectivity index (χ4v) is 6.21. The number of aryl methyl sites for hydroxylation is 2.